The van der Waals surface area contributed by atoms with Gasteiger partial charge in [0.05, 0.1) is 12.6 Å². The van der Waals surface area contributed by atoms with Crippen LogP contribution in [0.4, 0.5) is 0 Å². The molecule has 0 spiro atoms. The van der Waals surface area contributed by atoms with Gasteiger partial charge in [-0.3, -0.25) is 4.99 Å². The van der Waals surface area contributed by atoms with E-state index in [1.54, 1.807) is 14.2 Å². The molecule has 0 fully saturated rings. The van der Waals surface area contributed by atoms with Crippen molar-refractivity contribution in [1.29, 1.82) is 0 Å². The van der Waals surface area contributed by atoms with Gasteiger partial charge < -0.3 is 15.4 Å². The Kier molecular flexibility index (Phi) is 9.41. The summed E-state index contributed by atoms with van der Waals surface area (Å²) >= 11 is 0. The Morgan fingerprint density at radius 3 is 2.25 bits per heavy atom. The van der Waals surface area contributed by atoms with Gasteiger partial charge in [0.1, 0.15) is 0 Å². The molecule has 5 heteroatoms. The van der Waals surface area contributed by atoms with Gasteiger partial charge in [0.15, 0.2) is 5.96 Å². The van der Waals surface area contributed by atoms with Crippen LogP contribution < -0.4 is 10.6 Å². The molecule has 1 atom stereocenters. The first kappa shape index (κ1) is 20.4. The lowest BCUT2D eigenvalue weighted by molar-refractivity contribution is 0.185. The Balaban J connectivity index is 0.00000288. The van der Waals surface area contributed by atoms with Crippen LogP contribution in [0.25, 0.3) is 0 Å². The molecule has 0 radical (unpaired) electrons. The molecule has 2 N–H and O–H groups in total. The highest BCUT2D eigenvalue weighted by Crippen LogP contribution is 2.11. The summed E-state index contributed by atoms with van der Waals surface area (Å²) in [5, 5.41) is 6.75. The van der Waals surface area contributed by atoms with Crippen LogP contribution in [0.5, 0.6) is 0 Å². The third-order valence-corrected chi connectivity index (χ3v) is 3.67. The zero-order chi connectivity index (χ0) is 16.5. The van der Waals surface area contributed by atoms with E-state index in [1.165, 1.54) is 16.7 Å². The van der Waals surface area contributed by atoms with Crippen molar-refractivity contribution in [1.82, 2.24) is 10.6 Å². The summed E-state index contributed by atoms with van der Waals surface area (Å²) in [5.74, 6) is 0.794. The van der Waals surface area contributed by atoms with Gasteiger partial charge in [0.25, 0.3) is 0 Å². The van der Waals surface area contributed by atoms with Crippen LogP contribution in [0.1, 0.15) is 29.7 Å². The smallest absolute Gasteiger partial charge is 0.191 e. The molecule has 0 aliphatic heterocycles. The molecular formula is C19H26IN3O. The SMILES string of the molecule is CN=C(NCc1ccc(COC)cc1)NC(C)c1ccccc1.I. The average molecular weight is 439 g/mol. The number of methoxy groups -OCH3 is 1. The van der Waals surface area contributed by atoms with Crippen molar-refractivity contribution in [2.75, 3.05) is 14.2 Å². The van der Waals surface area contributed by atoms with Gasteiger partial charge in [-0.05, 0) is 23.6 Å². The molecule has 1 unspecified atom stereocenters. The first-order chi connectivity index (χ1) is 11.2. The van der Waals surface area contributed by atoms with Crippen LogP contribution in [0.2, 0.25) is 0 Å². The summed E-state index contributed by atoms with van der Waals surface area (Å²) in [7, 11) is 3.49. The number of nitrogens with zero attached hydrogens (tertiary/aromatic N) is 1. The van der Waals surface area contributed by atoms with E-state index in [1.807, 2.05) is 18.2 Å². The highest BCUT2D eigenvalue weighted by Gasteiger charge is 2.07. The molecule has 0 saturated heterocycles. The molecule has 0 saturated carbocycles. The van der Waals surface area contributed by atoms with Crippen molar-refractivity contribution in [2.45, 2.75) is 26.1 Å². The maximum atomic E-state index is 5.12. The van der Waals surface area contributed by atoms with E-state index in [4.69, 9.17) is 4.74 Å². The molecular weight excluding hydrogens is 413 g/mol. The normalized spacial score (nSPS) is 12.2. The molecule has 0 bridgehead atoms. The molecule has 0 aliphatic rings. The van der Waals surface area contributed by atoms with Crippen molar-refractivity contribution in [3.8, 4) is 0 Å². The van der Waals surface area contributed by atoms with Crippen LogP contribution in [0.15, 0.2) is 59.6 Å². The lowest BCUT2D eigenvalue weighted by atomic mass is 10.1. The average Bonchev–Trinajstić information content (AvgIpc) is 2.60. The van der Waals surface area contributed by atoms with Gasteiger partial charge in [0.2, 0.25) is 0 Å². The Morgan fingerprint density at radius 1 is 1.04 bits per heavy atom. The van der Waals surface area contributed by atoms with Gasteiger partial charge >= 0.3 is 0 Å². The molecule has 0 heterocycles. The second-order valence-corrected chi connectivity index (χ2v) is 5.45. The van der Waals surface area contributed by atoms with E-state index in [9.17, 15) is 0 Å². The minimum Gasteiger partial charge on any atom is -0.380 e. The molecule has 2 aromatic carbocycles. The number of benzene rings is 2. The number of aliphatic imine (C=N–C) groups is 1. The third kappa shape index (κ3) is 6.49. The summed E-state index contributed by atoms with van der Waals surface area (Å²) in [5.41, 5.74) is 3.62. The van der Waals surface area contributed by atoms with Crippen LogP contribution in [0, 0.1) is 0 Å². The number of guanidine groups is 1. The zero-order valence-electron chi connectivity index (χ0n) is 14.5. The lowest BCUT2D eigenvalue weighted by Crippen LogP contribution is -2.38. The Labute approximate surface area is 161 Å². The van der Waals surface area contributed by atoms with Crippen LogP contribution in [-0.4, -0.2) is 20.1 Å². The molecule has 2 rings (SSSR count). The molecule has 2 aromatic rings. The van der Waals surface area contributed by atoms with Crippen molar-refractivity contribution in [3.05, 3.63) is 71.3 Å². The van der Waals surface area contributed by atoms with E-state index in [2.05, 4.69) is 58.9 Å². The van der Waals surface area contributed by atoms with Gasteiger partial charge in [-0.25, -0.2) is 0 Å². The standard InChI is InChI=1S/C19H25N3O.HI/c1-15(18-7-5-4-6-8-18)22-19(20-2)21-13-16-9-11-17(12-10-16)14-23-3;/h4-12,15H,13-14H2,1-3H3,(H2,20,21,22);1H. The highest BCUT2D eigenvalue weighted by atomic mass is 127. The maximum Gasteiger partial charge on any atom is 0.191 e. The second-order valence-electron chi connectivity index (χ2n) is 5.45. The molecule has 0 aromatic heterocycles. The number of hydrogen-bond donors (Lipinski definition) is 2. The number of halogens is 1. The Bertz CT molecular complexity index is 614. The van der Waals surface area contributed by atoms with Crippen LogP contribution >= 0.6 is 24.0 Å². The number of nitrogens with one attached hydrogen (secondary N) is 2. The van der Waals surface area contributed by atoms with Gasteiger partial charge in [-0.1, -0.05) is 54.6 Å². The van der Waals surface area contributed by atoms with Crippen molar-refractivity contribution in [2.24, 2.45) is 4.99 Å². The fraction of sp³-hybridized carbons (Fsp3) is 0.316. The lowest BCUT2D eigenvalue weighted by Gasteiger charge is -2.18. The fourth-order valence-electron chi connectivity index (χ4n) is 2.33. The van der Waals surface area contributed by atoms with E-state index in [0.717, 1.165) is 12.5 Å². The van der Waals surface area contributed by atoms with Crippen molar-refractivity contribution in [3.63, 3.8) is 0 Å². The first-order valence-corrected chi connectivity index (χ1v) is 7.82. The third-order valence-electron chi connectivity index (χ3n) is 3.67. The number of hydrogen-bond acceptors (Lipinski definition) is 2. The summed E-state index contributed by atoms with van der Waals surface area (Å²) < 4.78 is 5.12. The largest absolute Gasteiger partial charge is 0.380 e. The van der Waals surface area contributed by atoms with Crippen LogP contribution in [-0.2, 0) is 17.9 Å². The molecule has 130 valence electrons. The quantitative estimate of drug-likeness (QED) is 0.408. The molecule has 0 amide bonds. The zero-order valence-corrected chi connectivity index (χ0v) is 16.8. The Morgan fingerprint density at radius 2 is 1.67 bits per heavy atom. The molecule has 24 heavy (non-hydrogen) atoms. The second kappa shape index (κ2) is 11.0. The van der Waals surface area contributed by atoms with E-state index >= 15 is 0 Å². The minimum absolute atomic E-state index is 0. The molecule has 0 aliphatic carbocycles. The van der Waals surface area contributed by atoms with Crippen molar-refractivity contribution >= 4 is 29.9 Å². The first-order valence-electron chi connectivity index (χ1n) is 7.82. The van der Waals surface area contributed by atoms with Gasteiger partial charge in [-0.2, -0.15) is 0 Å². The molecule has 4 nitrogen and oxygen atoms in total. The summed E-state index contributed by atoms with van der Waals surface area (Å²) in [6, 6.07) is 18.9. The van der Waals surface area contributed by atoms with Gasteiger partial charge in [0, 0.05) is 20.7 Å². The fourth-order valence-corrected chi connectivity index (χ4v) is 2.33. The van der Waals surface area contributed by atoms with Gasteiger partial charge in [-0.15, -0.1) is 24.0 Å². The summed E-state index contributed by atoms with van der Waals surface area (Å²) in [4.78, 5) is 4.29. The Hall–Kier alpha value is -1.60. The number of ether oxygens (including phenoxy) is 1. The number of rotatable bonds is 6. The highest BCUT2D eigenvalue weighted by molar-refractivity contribution is 14.0. The van der Waals surface area contributed by atoms with E-state index in [-0.39, 0.29) is 30.0 Å². The van der Waals surface area contributed by atoms with Crippen LogP contribution in [0.3, 0.4) is 0 Å². The predicted octanol–water partition coefficient (Wildman–Crippen LogP) is 3.88. The topological polar surface area (TPSA) is 45.7 Å². The predicted molar refractivity (Wildman–Crippen MR) is 111 cm³/mol. The van der Waals surface area contributed by atoms with E-state index in [0.29, 0.717) is 6.61 Å². The monoisotopic (exact) mass is 439 g/mol. The maximum absolute atomic E-state index is 5.12. The van der Waals surface area contributed by atoms with E-state index < -0.39 is 0 Å². The minimum atomic E-state index is 0. The summed E-state index contributed by atoms with van der Waals surface area (Å²) in [6.45, 7) is 3.50. The van der Waals surface area contributed by atoms with Crippen molar-refractivity contribution < 1.29 is 4.74 Å². The summed E-state index contributed by atoms with van der Waals surface area (Å²) in [6.07, 6.45) is 0.